The van der Waals surface area contributed by atoms with E-state index in [-0.39, 0.29) is 23.7 Å². The van der Waals surface area contributed by atoms with Crippen molar-refractivity contribution in [1.82, 2.24) is 0 Å². The van der Waals surface area contributed by atoms with Gasteiger partial charge in [0.2, 0.25) is 12.1 Å². The molecule has 0 aromatic heterocycles. The number of rotatable bonds is 2. The van der Waals surface area contributed by atoms with Crippen molar-refractivity contribution < 1.29 is 28.8 Å². The lowest BCUT2D eigenvalue weighted by Crippen LogP contribution is -2.70. The highest BCUT2D eigenvalue weighted by Crippen LogP contribution is 2.60. The van der Waals surface area contributed by atoms with E-state index in [0.717, 1.165) is 47.2 Å². The van der Waals surface area contributed by atoms with Gasteiger partial charge < -0.3 is 14.2 Å². The molecule has 4 aliphatic heterocycles. The fourth-order valence-electron chi connectivity index (χ4n) is 7.40. The monoisotopic (exact) mass is 488 g/mol. The summed E-state index contributed by atoms with van der Waals surface area (Å²) < 4.78 is 19.1. The van der Waals surface area contributed by atoms with Crippen molar-refractivity contribution >= 4 is 27.5 Å². The molecule has 8 rings (SSSR count). The van der Waals surface area contributed by atoms with Crippen LogP contribution in [0, 0.1) is 23.7 Å². The Labute approximate surface area is 210 Å². The van der Waals surface area contributed by atoms with Gasteiger partial charge in [0.15, 0.2) is 11.9 Å². The van der Waals surface area contributed by atoms with Crippen molar-refractivity contribution in [2.75, 3.05) is 0 Å². The first-order valence-corrected chi connectivity index (χ1v) is 13.2. The zero-order valence-corrected chi connectivity index (χ0v) is 20.9. The first-order valence-electron chi connectivity index (χ1n) is 13.2. The van der Waals surface area contributed by atoms with Crippen molar-refractivity contribution in [1.29, 1.82) is 0 Å². The first kappa shape index (κ1) is 22.7. The molecule has 188 valence electrons. The van der Waals surface area contributed by atoms with Crippen LogP contribution in [0.5, 0.6) is 0 Å². The van der Waals surface area contributed by atoms with E-state index in [0.29, 0.717) is 11.5 Å². The highest BCUT2D eigenvalue weighted by atomic mass is 17.3. The highest BCUT2D eigenvalue weighted by Gasteiger charge is 2.69. The molecule has 4 saturated heterocycles. The van der Waals surface area contributed by atoms with E-state index in [2.05, 4.69) is 19.9 Å². The smallest absolute Gasteiger partial charge is 0.341 e. The molecule has 36 heavy (non-hydrogen) atoms. The van der Waals surface area contributed by atoms with Gasteiger partial charge in [0, 0.05) is 18.3 Å². The highest BCUT2D eigenvalue weighted by molar-refractivity contribution is 6.16. The predicted octanol–water partition coefficient (Wildman–Crippen LogP) is 6.36. The molecule has 6 heteroatoms. The minimum atomic E-state index is -0.863. The molecule has 1 saturated carbocycles. The van der Waals surface area contributed by atoms with Gasteiger partial charge in [-0.25, -0.2) is 14.6 Å². The van der Waals surface area contributed by atoms with Gasteiger partial charge in [-0.2, -0.15) is 0 Å². The van der Waals surface area contributed by atoms with E-state index in [4.69, 9.17) is 24.0 Å². The normalized spacial score (nSPS) is 39.5. The predicted molar refractivity (Wildman–Crippen MR) is 134 cm³/mol. The lowest BCUT2D eigenvalue weighted by Gasteiger charge is -2.59. The van der Waals surface area contributed by atoms with Crippen LogP contribution in [0.2, 0.25) is 0 Å². The number of ether oxygens (including phenoxy) is 3. The topological polar surface area (TPSA) is 63.2 Å². The van der Waals surface area contributed by atoms with E-state index in [9.17, 15) is 4.79 Å². The quantitative estimate of drug-likeness (QED) is 0.238. The number of carbonyl (C=O) groups excluding carboxylic acids is 1. The lowest BCUT2D eigenvalue weighted by molar-refractivity contribution is -0.576. The summed E-state index contributed by atoms with van der Waals surface area (Å²) in [7, 11) is 0. The number of carbonyl (C=O) groups is 1. The molecular formula is C30H32O6. The van der Waals surface area contributed by atoms with E-state index < -0.39 is 24.0 Å². The summed E-state index contributed by atoms with van der Waals surface area (Å²) in [5, 5.41) is 3.77. The number of hydrogen-bond donors (Lipinski definition) is 0. The molecule has 1 spiro atoms. The Morgan fingerprint density at radius 1 is 0.917 bits per heavy atom. The second-order valence-electron chi connectivity index (χ2n) is 11.4. The molecule has 3 aromatic carbocycles. The van der Waals surface area contributed by atoms with Crippen LogP contribution < -0.4 is 0 Å². The Kier molecular flexibility index (Phi) is 5.03. The van der Waals surface area contributed by atoms with Crippen LogP contribution in [0.3, 0.4) is 0 Å². The molecule has 5 aliphatic rings. The number of benzene rings is 3. The molecular weight excluding hydrogens is 456 g/mol. The van der Waals surface area contributed by atoms with Crippen molar-refractivity contribution in [3.63, 3.8) is 0 Å². The average molecular weight is 489 g/mol. The van der Waals surface area contributed by atoms with Crippen molar-refractivity contribution in [2.45, 2.75) is 70.4 Å². The molecule has 1 aliphatic carbocycles. The third kappa shape index (κ3) is 3.14. The maximum absolute atomic E-state index is 13.9. The van der Waals surface area contributed by atoms with Gasteiger partial charge >= 0.3 is 5.97 Å². The van der Waals surface area contributed by atoms with Crippen molar-refractivity contribution in [3.05, 3.63) is 60.2 Å². The standard InChI is InChI=1S/C30H32O6/c1-17-12-13-24-18(2)27(33-28-30(24)23(17)14-15-29(3,34-28)35-36-30)32-26(31)25-21-10-6-4-8-19(21)16-20-9-5-7-11-22(20)25/h4-11,16-18,23-24,27-28H,12-15H2,1-3H3/t17-,18-,23+,24+,27+,28-,29-,30-/m1/s1. The van der Waals surface area contributed by atoms with Gasteiger partial charge in [-0.05, 0) is 65.6 Å². The zero-order valence-electron chi connectivity index (χ0n) is 20.9. The summed E-state index contributed by atoms with van der Waals surface area (Å²) in [6.07, 6.45) is 2.38. The van der Waals surface area contributed by atoms with Gasteiger partial charge in [0.1, 0.15) is 0 Å². The van der Waals surface area contributed by atoms with Gasteiger partial charge in [-0.3, -0.25) is 0 Å². The zero-order chi connectivity index (χ0) is 24.7. The molecule has 6 nitrogen and oxygen atoms in total. The summed E-state index contributed by atoms with van der Waals surface area (Å²) in [5.74, 6) is -0.463. The molecule has 0 amide bonds. The first-order chi connectivity index (χ1) is 17.4. The van der Waals surface area contributed by atoms with Crippen LogP contribution in [0.4, 0.5) is 0 Å². The van der Waals surface area contributed by atoms with Crippen LogP contribution >= 0.6 is 0 Å². The van der Waals surface area contributed by atoms with Crippen LogP contribution in [0.25, 0.3) is 21.5 Å². The number of esters is 1. The van der Waals surface area contributed by atoms with Crippen molar-refractivity contribution in [2.24, 2.45) is 23.7 Å². The van der Waals surface area contributed by atoms with Crippen LogP contribution in [0.15, 0.2) is 54.6 Å². The van der Waals surface area contributed by atoms with E-state index >= 15 is 0 Å². The van der Waals surface area contributed by atoms with E-state index in [1.54, 1.807) is 0 Å². The molecule has 3 aromatic rings. The summed E-state index contributed by atoms with van der Waals surface area (Å²) in [6.45, 7) is 6.30. The van der Waals surface area contributed by atoms with E-state index in [1.165, 1.54) is 0 Å². The molecule has 0 N–H and O–H groups in total. The van der Waals surface area contributed by atoms with Crippen molar-refractivity contribution in [3.8, 4) is 0 Å². The Bertz CT molecular complexity index is 1300. The molecule has 8 atom stereocenters. The molecule has 0 radical (unpaired) electrons. The Balaban J connectivity index is 1.27. The minimum Gasteiger partial charge on any atom is -0.432 e. The Morgan fingerprint density at radius 2 is 1.61 bits per heavy atom. The van der Waals surface area contributed by atoms with Crippen LogP contribution in [-0.2, 0) is 24.0 Å². The summed E-state index contributed by atoms with van der Waals surface area (Å²) in [5.41, 5.74) is -0.105. The minimum absolute atomic E-state index is 0.0731. The third-order valence-corrected chi connectivity index (χ3v) is 9.30. The SMILES string of the molecule is C[C@H]1[C@@H](OC(=O)c2c3ccccc3cc3ccccc23)O[C@@H]2O[C@@]3(C)CC[C@H]4[C@H](C)CC[C@@H]1[C@@]24OO3. The van der Waals surface area contributed by atoms with Gasteiger partial charge in [-0.15, -0.1) is 0 Å². The molecule has 2 bridgehead atoms. The van der Waals surface area contributed by atoms with E-state index in [1.807, 2.05) is 55.5 Å². The average Bonchev–Trinajstić information content (AvgIpc) is 3.11. The summed E-state index contributed by atoms with van der Waals surface area (Å²) in [6, 6.07) is 18.0. The third-order valence-electron chi connectivity index (χ3n) is 9.30. The largest absolute Gasteiger partial charge is 0.432 e. The van der Waals surface area contributed by atoms with Crippen LogP contribution in [0.1, 0.15) is 56.8 Å². The number of fused-ring (bicyclic) bond motifs is 4. The molecule has 0 unspecified atom stereocenters. The maximum Gasteiger partial charge on any atom is 0.341 e. The fraction of sp³-hybridized carbons (Fsp3) is 0.500. The number of hydrogen-bond acceptors (Lipinski definition) is 6. The molecule has 5 fully saturated rings. The Morgan fingerprint density at radius 3 is 2.33 bits per heavy atom. The maximum atomic E-state index is 13.9. The van der Waals surface area contributed by atoms with Gasteiger partial charge in [0.05, 0.1) is 5.56 Å². The van der Waals surface area contributed by atoms with Crippen LogP contribution in [-0.4, -0.2) is 29.9 Å². The second-order valence-corrected chi connectivity index (χ2v) is 11.4. The lowest BCUT2D eigenvalue weighted by atomic mass is 9.58. The Hall–Kier alpha value is -2.51. The van der Waals surface area contributed by atoms with Gasteiger partial charge in [0.25, 0.3) is 0 Å². The summed E-state index contributed by atoms with van der Waals surface area (Å²) >= 11 is 0. The summed E-state index contributed by atoms with van der Waals surface area (Å²) in [4.78, 5) is 26.0. The second kappa shape index (κ2) is 7.99. The fourth-order valence-corrected chi connectivity index (χ4v) is 7.40. The molecule has 4 heterocycles. The van der Waals surface area contributed by atoms with Gasteiger partial charge in [-0.1, -0.05) is 62.4 Å².